The predicted molar refractivity (Wildman–Crippen MR) is 71.8 cm³/mol. The van der Waals surface area contributed by atoms with Crippen molar-refractivity contribution in [1.82, 2.24) is 5.32 Å². The Hall–Kier alpha value is -0.820. The Morgan fingerprint density at radius 3 is 2.44 bits per heavy atom. The van der Waals surface area contributed by atoms with Gasteiger partial charge in [0.15, 0.2) is 0 Å². The molecule has 1 nitrogen and oxygen atoms in total. The number of nitrogens with one attached hydrogen (secondary N) is 1. The van der Waals surface area contributed by atoms with Crippen molar-refractivity contribution in [3.63, 3.8) is 0 Å². The summed E-state index contributed by atoms with van der Waals surface area (Å²) in [4.78, 5) is 0. The van der Waals surface area contributed by atoms with Crippen LogP contribution in [0.1, 0.15) is 38.3 Å². The highest BCUT2D eigenvalue weighted by atomic mass is 14.9. The fourth-order valence-corrected chi connectivity index (χ4v) is 2.28. The van der Waals surface area contributed by atoms with Gasteiger partial charge in [-0.2, -0.15) is 0 Å². The molecule has 0 heterocycles. The molecule has 16 heavy (non-hydrogen) atoms. The maximum absolute atomic E-state index is 3.54. The average Bonchev–Trinajstić information content (AvgIpc) is 2.28. The van der Waals surface area contributed by atoms with Gasteiger partial charge in [0.1, 0.15) is 0 Å². The lowest BCUT2D eigenvalue weighted by atomic mass is 9.89. The van der Waals surface area contributed by atoms with Crippen molar-refractivity contribution >= 4 is 0 Å². The van der Waals surface area contributed by atoms with Crippen LogP contribution in [0.25, 0.3) is 0 Å². The molecule has 0 radical (unpaired) electrons. The van der Waals surface area contributed by atoms with Crippen molar-refractivity contribution < 1.29 is 0 Å². The highest BCUT2D eigenvalue weighted by Crippen LogP contribution is 2.18. The standard InChI is InChI=1S/C15H25N/c1-5-14(13(4)16-6-2)11-15-10-8-7-9-12(15)3/h7-10,13-14,16H,5-6,11H2,1-4H3. The van der Waals surface area contributed by atoms with E-state index in [0.717, 1.165) is 12.5 Å². The first-order chi connectivity index (χ1) is 7.69. The third kappa shape index (κ3) is 3.64. The monoisotopic (exact) mass is 219 g/mol. The van der Waals surface area contributed by atoms with Gasteiger partial charge in [-0.25, -0.2) is 0 Å². The van der Waals surface area contributed by atoms with Crippen LogP contribution in [0.4, 0.5) is 0 Å². The molecule has 1 N–H and O–H groups in total. The van der Waals surface area contributed by atoms with Gasteiger partial charge in [0, 0.05) is 6.04 Å². The number of rotatable bonds is 6. The summed E-state index contributed by atoms with van der Waals surface area (Å²) in [7, 11) is 0. The molecule has 0 spiro atoms. The van der Waals surface area contributed by atoms with Crippen LogP contribution in [0, 0.1) is 12.8 Å². The van der Waals surface area contributed by atoms with Gasteiger partial charge < -0.3 is 5.32 Å². The van der Waals surface area contributed by atoms with Crippen LogP contribution in [0.15, 0.2) is 24.3 Å². The van der Waals surface area contributed by atoms with Crippen LogP contribution in [-0.2, 0) is 6.42 Å². The first-order valence-corrected chi connectivity index (χ1v) is 6.46. The minimum atomic E-state index is 0.606. The molecule has 0 aliphatic carbocycles. The van der Waals surface area contributed by atoms with E-state index >= 15 is 0 Å². The molecule has 0 saturated carbocycles. The molecule has 0 aliphatic rings. The molecule has 1 aromatic rings. The predicted octanol–water partition coefficient (Wildman–Crippen LogP) is 3.56. The largest absolute Gasteiger partial charge is 0.314 e. The van der Waals surface area contributed by atoms with E-state index in [1.165, 1.54) is 24.0 Å². The fraction of sp³-hybridized carbons (Fsp3) is 0.600. The third-order valence-electron chi connectivity index (χ3n) is 3.50. The van der Waals surface area contributed by atoms with Gasteiger partial charge in [-0.05, 0) is 43.9 Å². The van der Waals surface area contributed by atoms with Crippen molar-refractivity contribution in [2.45, 2.75) is 46.6 Å². The summed E-state index contributed by atoms with van der Waals surface area (Å²) in [5, 5.41) is 3.54. The minimum Gasteiger partial charge on any atom is -0.314 e. The highest BCUT2D eigenvalue weighted by molar-refractivity contribution is 5.26. The molecule has 1 aromatic carbocycles. The Labute approximate surface area is 100 Å². The summed E-state index contributed by atoms with van der Waals surface area (Å²) in [5.74, 6) is 0.737. The lowest BCUT2D eigenvalue weighted by Gasteiger charge is -2.24. The van der Waals surface area contributed by atoms with Crippen molar-refractivity contribution in [1.29, 1.82) is 0 Å². The fourth-order valence-electron chi connectivity index (χ4n) is 2.28. The Balaban J connectivity index is 2.66. The smallest absolute Gasteiger partial charge is 0.00699 e. The first-order valence-electron chi connectivity index (χ1n) is 6.46. The highest BCUT2D eigenvalue weighted by Gasteiger charge is 2.15. The molecule has 0 amide bonds. The van der Waals surface area contributed by atoms with Crippen LogP contribution < -0.4 is 5.32 Å². The molecule has 0 fully saturated rings. The van der Waals surface area contributed by atoms with Crippen LogP contribution in [0.5, 0.6) is 0 Å². The Bertz CT molecular complexity index is 306. The van der Waals surface area contributed by atoms with E-state index in [1.54, 1.807) is 0 Å². The third-order valence-corrected chi connectivity index (χ3v) is 3.50. The number of hydrogen-bond donors (Lipinski definition) is 1. The summed E-state index contributed by atoms with van der Waals surface area (Å²) in [6, 6.07) is 9.34. The first kappa shape index (κ1) is 13.2. The second kappa shape index (κ2) is 6.70. The Kier molecular flexibility index (Phi) is 5.54. The zero-order valence-corrected chi connectivity index (χ0v) is 11.1. The second-order valence-corrected chi connectivity index (χ2v) is 4.65. The normalized spacial score (nSPS) is 14.8. The van der Waals surface area contributed by atoms with Gasteiger partial charge >= 0.3 is 0 Å². The van der Waals surface area contributed by atoms with Gasteiger partial charge in [0.2, 0.25) is 0 Å². The van der Waals surface area contributed by atoms with Gasteiger partial charge in [0.25, 0.3) is 0 Å². The minimum absolute atomic E-state index is 0.606. The van der Waals surface area contributed by atoms with E-state index in [1.807, 2.05) is 0 Å². The lowest BCUT2D eigenvalue weighted by molar-refractivity contribution is 0.367. The van der Waals surface area contributed by atoms with Crippen molar-refractivity contribution in [3.05, 3.63) is 35.4 Å². The molecule has 1 rings (SSSR count). The van der Waals surface area contributed by atoms with Crippen molar-refractivity contribution in [2.24, 2.45) is 5.92 Å². The van der Waals surface area contributed by atoms with Gasteiger partial charge in [0.05, 0.1) is 0 Å². The van der Waals surface area contributed by atoms with E-state index in [0.29, 0.717) is 6.04 Å². The number of benzene rings is 1. The van der Waals surface area contributed by atoms with Crippen molar-refractivity contribution in [3.8, 4) is 0 Å². The van der Waals surface area contributed by atoms with E-state index in [9.17, 15) is 0 Å². The number of aryl methyl sites for hydroxylation is 1. The molecule has 0 bridgehead atoms. The van der Waals surface area contributed by atoms with E-state index in [-0.39, 0.29) is 0 Å². The van der Waals surface area contributed by atoms with Crippen LogP contribution >= 0.6 is 0 Å². The summed E-state index contributed by atoms with van der Waals surface area (Å²) < 4.78 is 0. The van der Waals surface area contributed by atoms with E-state index in [2.05, 4.69) is 57.3 Å². The SMILES string of the molecule is CCNC(C)C(CC)Cc1ccccc1C. The summed E-state index contributed by atoms with van der Waals surface area (Å²) in [6.45, 7) is 10.0. The molecule has 1 heteroatoms. The lowest BCUT2D eigenvalue weighted by Crippen LogP contribution is -2.34. The van der Waals surface area contributed by atoms with E-state index < -0.39 is 0 Å². The molecular formula is C15H25N. The molecular weight excluding hydrogens is 194 g/mol. The summed E-state index contributed by atoms with van der Waals surface area (Å²) in [6.07, 6.45) is 2.43. The van der Waals surface area contributed by atoms with Crippen molar-refractivity contribution in [2.75, 3.05) is 6.54 Å². The molecule has 0 aromatic heterocycles. The molecule has 0 aliphatic heterocycles. The molecule has 90 valence electrons. The molecule has 2 atom stereocenters. The summed E-state index contributed by atoms with van der Waals surface area (Å²) in [5.41, 5.74) is 2.92. The Morgan fingerprint density at radius 1 is 1.19 bits per heavy atom. The van der Waals surface area contributed by atoms with E-state index in [4.69, 9.17) is 0 Å². The molecule has 2 unspecified atom stereocenters. The average molecular weight is 219 g/mol. The second-order valence-electron chi connectivity index (χ2n) is 4.65. The number of hydrogen-bond acceptors (Lipinski definition) is 1. The van der Waals surface area contributed by atoms with Gasteiger partial charge in [-0.3, -0.25) is 0 Å². The quantitative estimate of drug-likeness (QED) is 0.771. The molecule has 0 saturated heterocycles. The topological polar surface area (TPSA) is 12.0 Å². The zero-order chi connectivity index (χ0) is 12.0. The Morgan fingerprint density at radius 2 is 1.88 bits per heavy atom. The van der Waals surface area contributed by atoms with Gasteiger partial charge in [-0.15, -0.1) is 0 Å². The zero-order valence-electron chi connectivity index (χ0n) is 11.1. The van der Waals surface area contributed by atoms with Crippen LogP contribution in [0.2, 0.25) is 0 Å². The van der Waals surface area contributed by atoms with Gasteiger partial charge in [-0.1, -0.05) is 44.5 Å². The summed E-state index contributed by atoms with van der Waals surface area (Å²) >= 11 is 0. The maximum atomic E-state index is 3.54. The van der Waals surface area contributed by atoms with Crippen LogP contribution in [0.3, 0.4) is 0 Å². The maximum Gasteiger partial charge on any atom is 0.00699 e. The van der Waals surface area contributed by atoms with Crippen LogP contribution in [-0.4, -0.2) is 12.6 Å².